The van der Waals surface area contributed by atoms with Gasteiger partial charge >= 0.3 is 0 Å². The van der Waals surface area contributed by atoms with Gasteiger partial charge in [-0.3, -0.25) is 4.68 Å². The molecule has 0 saturated heterocycles. The number of aromatic nitrogens is 2. The summed E-state index contributed by atoms with van der Waals surface area (Å²) in [4.78, 5) is 0. The molecule has 0 fully saturated rings. The number of hydrogen-bond donors (Lipinski definition) is 1. The predicted octanol–water partition coefficient (Wildman–Crippen LogP) is 3.09. The molecule has 3 nitrogen and oxygen atoms in total. The van der Waals surface area contributed by atoms with Crippen molar-refractivity contribution in [2.45, 2.75) is 33.6 Å². The average Bonchev–Trinajstić information content (AvgIpc) is 2.63. The van der Waals surface area contributed by atoms with Gasteiger partial charge in [0.15, 0.2) is 0 Å². The second-order valence-electron chi connectivity index (χ2n) is 5.00. The Balaban J connectivity index is 2.94. The van der Waals surface area contributed by atoms with Crippen molar-refractivity contribution in [3.8, 4) is 0 Å². The summed E-state index contributed by atoms with van der Waals surface area (Å²) in [6, 6.07) is 0. The molecule has 0 spiro atoms. The van der Waals surface area contributed by atoms with Gasteiger partial charge in [-0.15, -0.1) is 6.58 Å². The molecule has 102 valence electrons. The predicted molar refractivity (Wildman–Crippen MR) is 80.8 cm³/mol. The quantitative estimate of drug-likeness (QED) is 0.784. The third-order valence-electron chi connectivity index (χ3n) is 3.35. The van der Waals surface area contributed by atoms with Gasteiger partial charge < -0.3 is 5.32 Å². The van der Waals surface area contributed by atoms with E-state index in [0.717, 1.165) is 36.1 Å². The van der Waals surface area contributed by atoms with Crippen LogP contribution in [-0.4, -0.2) is 22.9 Å². The maximum absolute atomic E-state index is 4.54. The second kappa shape index (κ2) is 6.53. The lowest BCUT2D eigenvalue weighted by atomic mass is 9.85. The third-order valence-corrected chi connectivity index (χ3v) is 4.26. The van der Waals surface area contributed by atoms with Crippen LogP contribution in [0.15, 0.2) is 17.1 Å². The van der Waals surface area contributed by atoms with Crippen LogP contribution in [0, 0.1) is 5.41 Å². The van der Waals surface area contributed by atoms with Crippen molar-refractivity contribution < 1.29 is 0 Å². The van der Waals surface area contributed by atoms with Crippen molar-refractivity contribution in [2.24, 2.45) is 12.5 Å². The summed E-state index contributed by atoms with van der Waals surface area (Å²) in [5.41, 5.74) is 2.42. The van der Waals surface area contributed by atoms with Crippen molar-refractivity contribution >= 4 is 15.9 Å². The molecule has 1 aromatic rings. The number of hydrogen-bond acceptors (Lipinski definition) is 2. The van der Waals surface area contributed by atoms with Gasteiger partial charge in [0.05, 0.1) is 15.9 Å². The molecule has 18 heavy (non-hydrogen) atoms. The number of halogens is 1. The standard InChI is InChI=1S/C14H24BrN3/c1-6-11-13(15)12(18(5)17-11)9-14(4,7-2)10-16-8-3/h7,16H,2,6,8-10H2,1,3-5H3. The molecule has 1 unspecified atom stereocenters. The lowest BCUT2D eigenvalue weighted by Gasteiger charge is -2.26. The van der Waals surface area contributed by atoms with Gasteiger partial charge in [-0.05, 0) is 28.9 Å². The summed E-state index contributed by atoms with van der Waals surface area (Å²) in [7, 11) is 2.01. The molecule has 0 radical (unpaired) electrons. The lowest BCUT2D eigenvalue weighted by Crippen LogP contribution is -2.32. The van der Waals surface area contributed by atoms with E-state index in [-0.39, 0.29) is 5.41 Å². The largest absolute Gasteiger partial charge is 0.316 e. The van der Waals surface area contributed by atoms with E-state index in [9.17, 15) is 0 Å². The molecule has 0 amide bonds. The van der Waals surface area contributed by atoms with Crippen molar-refractivity contribution in [2.75, 3.05) is 13.1 Å². The van der Waals surface area contributed by atoms with E-state index < -0.39 is 0 Å². The van der Waals surface area contributed by atoms with E-state index in [0.29, 0.717) is 0 Å². The summed E-state index contributed by atoms with van der Waals surface area (Å²) in [5.74, 6) is 0. The maximum atomic E-state index is 4.54. The molecular formula is C14H24BrN3. The van der Waals surface area contributed by atoms with Crippen molar-refractivity contribution in [3.05, 3.63) is 28.5 Å². The summed E-state index contributed by atoms with van der Waals surface area (Å²) in [6.07, 6.45) is 3.93. The van der Waals surface area contributed by atoms with E-state index in [2.05, 4.69) is 53.7 Å². The molecule has 1 rings (SSSR count). The first-order chi connectivity index (χ1) is 8.47. The summed E-state index contributed by atoms with van der Waals surface area (Å²) < 4.78 is 3.13. The molecule has 1 atom stereocenters. The third kappa shape index (κ3) is 3.45. The summed E-state index contributed by atoms with van der Waals surface area (Å²) in [5, 5.41) is 7.95. The smallest absolute Gasteiger partial charge is 0.0766 e. The molecule has 0 aliphatic carbocycles. The van der Waals surface area contributed by atoms with Crippen LogP contribution in [0.4, 0.5) is 0 Å². The first-order valence-electron chi connectivity index (χ1n) is 6.52. The first kappa shape index (κ1) is 15.4. The monoisotopic (exact) mass is 313 g/mol. The van der Waals surface area contributed by atoms with Crippen LogP contribution in [-0.2, 0) is 19.9 Å². The average molecular weight is 314 g/mol. The minimum Gasteiger partial charge on any atom is -0.316 e. The summed E-state index contributed by atoms with van der Waals surface area (Å²) >= 11 is 3.67. The molecule has 0 saturated carbocycles. The molecule has 4 heteroatoms. The van der Waals surface area contributed by atoms with Gasteiger partial charge in [-0.25, -0.2) is 0 Å². The van der Waals surface area contributed by atoms with Crippen LogP contribution in [0.3, 0.4) is 0 Å². The fraction of sp³-hybridized carbons (Fsp3) is 0.643. The molecule has 1 N–H and O–H groups in total. The van der Waals surface area contributed by atoms with Gasteiger partial charge in [0.25, 0.3) is 0 Å². The molecule has 1 aromatic heterocycles. The summed E-state index contributed by atoms with van der Waals surface area (Å²) in [6.45, 7) is 12.4. The highest BCUT2D eigenvalue weighted by atomic mass is 79.9. The molecule has 0 aromatic carbocycles. The molecule has 1 heterocycles. The topological polar surface area (TPSA) is 29.9 Å². The number of rotatable bonds is 7. The Morgan fingerprint density at radius 3 is 2.61 bits per heavy atom. The van der Waals surface area contributed by atoms with E-state index in [1.165, 1.54) is 5.69 Å². The highest BCUT2D eigenvalue weighted by Gasteiger charge is 2.24. The Morgan fingerprint density at radius 1 is 1.50 bits per heavy atom. The van der Waals surface area contributed by atoms with E-state index >= 15 is 0 Å². The maximum Gasteiger partial charge on any atom is 0.0766 e. The zero-order valence-electron chi connectivity index (χ0n) is 11.9. The van der Waals surface area contributed by atoms with Gasteiger partial charge in [0.1, 0.15) is 0 Å². The van der Waals surface area contributed by atoms with Crippen LogP contribution >= 0.6 is 15.9 Å². The second-order valence-corrected chi connectivity index (χ2v) is 5.79. The van der Waals surface area contributed by atoms with Gasteiger partial charge in [-0.1, -0.05) is 26.8 Å². The van der Waals surface area contributed by atoms with Crippen LogP contribution in [0.2, 0.25) is 0 Å². The Hall–Kier alpha value is -0.610. The highest BCUT2D eigenvalue weighted by molar-refractivity contribution is 9.10. The Kier molecular flexibility index (Phi) is 5.60. The molecule has 0 aliphatic heterocycles. The zero-order chi connectivity index (χ0) is 13.8. The highest BCUT2D eigenvalue weighted by Crippen LogP contribution is 2.29. The minimum absolute atomic E-state index is 0.0529. The van der Waals surface area contributed by atoms with Crippen molar-refractivity contribution in [3.63, 3.8) is 0 Å². The van der Waals surface area contributed by atoms with Crippen molar-refractivity contribution in [1.82, 2.24) is 15.1 Å². The fourth-order valence-electron chi connectivity index (χ4n) is 2.01. The zero-order valence-corrected chi connectivity index (χ0v) is 13.5. The molecule has 0 aliphatic rings. The first-order valence-corrected chi connectivity index (χ1v) is 7.31. The van der Waals surface area contributed by atoms with E-state index in [1.54, 1.807) is 0 Å². The van der Waals surface area contributed by atoms with Gasteiger partial charge in [0.2, 0.25) is 0 Å². The lowest BCUT2D eigenvalue weighted by molar-refractivity contribution is 0.385. The Morgan fingerprint density at radius 2 is 2.17 bits per heavy atom. The number of nitrogens with one attached hydrogen (secondary N) is 1. The van der Waals surface area contributed by atoms with Crippen molar-refractivity contribution in [1.29, 1.82) is 0 Å². The number of nitrogens with zero attached hydrogens (tertiary/aromatic N) is 2. The number of aryl methyl sites for hydroxylation is 2. The minimum atomic E-state index is 0.0529. The van der Waals surface area contributed by atoms with Crippen LogP contribution in [0.5, 0.6) is 0 Å². The normalized spacial score (nSPS) is 14.5. The fourth-order valence-corrected chi connectivity index (χ4v) is 2.77. The van der Waals surface area contributed by atoms with E-state index in [4.69, 9.17) is 0 Å². The van der Waals surface area contributed by atoms with Crippen LogP contribution in [0.25, 0.3) is 0 Å². The molecular weight excluding hydrogens is 290 g/mol. The van der Waals surface area contributed by atoms with Gasteiger partial charge in [-0.2, -0.15) is 5.10 Å². The van der Waals surface area contributed by atoms with Gasteiger partial charge in [0, 0.05) is 25.4 Å². The van der Waals surface area contributed by atoms with E-state index in [1.807, 2.05) is 17.8 Å². The Labute approximate surface area is 119 Å². The Bertz CT molecular complexity index is 411. The van der Waals surface area contributed by atoms with Crippen LogP contribution < -0.4 is 5.32 Å². The van der Waals surface area contributed by atoms with Crippen LogP contribution in [0.1, 0.15) is 32.2 Å². The SMILES string of the molecule is C=CC(C)(CNCC)Cc1c(Br)c(CC)nn1C. The molecule has 0 bridgehead atoms.